The average molecular weight is 369 g/mol. The zero-order valence-electron chi connectivity index (χ0n) is 14.5. The van der Waals surface area contributed by atoms with E-state index >= 15 is 0 Å². The summed E-state index contributed by atoms with van der Waals surface area (Å²) in [4.78, 5) is 41.4. The van der Waals surface area contributed by atoms with Crippen molar-refractivity contribution in [3.8, 4) is 5.75 Å². The summed E-state index contributed by atoms with van der Waals surface area (Å²) >= 11 is 0. The highest BCUT2D eigenvalue weighted by molar-refractivity contribution is 5.90. The van der Waals surface area contributed by atoms with Crippen molar-refractivity contribution in [3.05, 3.63) is 74.3 Å². The largest absolute Gasteiger partial charge is 0.476 e. The number of aromatic nitrogens is 2. The number of fused-ring (bicyclic) bond motifs is 1. The third-order valence-corrected chi connectivity index (χ3v) is 3.90. The first-order valence-corrected chi connectivity index (χ1v) is 7.93. The highest BCUT2D eigenvalue weighted by atomic mass is 16.6. The van der Waals surface area contributed by atoms with Crippen molar-refractivity contribution < 1.29 is 19.2 Å². The lowest BCUT2D eigenvalue weighted by atomic mass is 10.2. The Kier molecular flexibility index (Phi) is 4.84. The molecular formula is C18H15N3O6. The second-order valence-electron chi connectivity index (χ2n) is 5.66. The molecule has 3 rings (SSSR count). The van der Waals surface area contributed by atoms with E-state index in [0.29, 0.717) is 10.9 Å². The molecule has 0 aliphatic carbocycles. The molecule has 0 spiro atoms. The van der Waals surface area contributed by atoms with Gasteiger partial charge in [0.1, 0.15) is 0 Å². The van der Waals surface area contributed by atoms with Crippen molar-refractivity contribution in [3.63, 3.8) is 0 Å². The maximum Gasteiger partial charge on any atom is 0.338 e. The summed E-state index contributed by atoms with van der Waals surface area (Å²) in [7, 11) is 1.18. The summed E-state index contributed by atoms with van der Waals surface area (Å²) in [5.41, 5.74) is -0.210. The Balaban J connectivity index is 1.96. The fourth-order valence-electron chi connectivity index (χ4n) is 2.55. The van der Waals surface area contributed by atoms with E-state index in [0.717, 1.165) is 6.07 Å². The number of nitrogens with one attached hydrogen (secondary N) is 1. The molecule has 2 aromatic carbocycles. The molecule has 1 heterocycles. The molecule has 0 saturated heterocycles. The molecule has 9 nitrogen and oxygen atoms in total. The zero-order chi connectivity index (χ0) is 19.6. The number of ether oxygens (including phenoxy) is 2. The van der Waals surface area contributed by atoms with Gasteiger partial charge < -0.3 is 14.5 Å². The maximum absolute atomic E-state index is 12.2. The predicted octanol–water partition coefficient (Wildman–Crippen LogP) is 2.76. The molecule has 3 aromatic rings. The maximum atomic E-state index is 12.2. The molecular weight excluding hydrogens is 354 g/mol. The van der Waals surface area contributed by atoms with Crippen LogP contribution in [0.25, 0.3) is 10.9 Å². The number of aromatic amines is 1. The first-order valence-electron chi connectivity index (χ1n) is 7.93. The third-order valence-electron chi connectivity index (χ3n) is 3.90. The van der Waals surface area contributed by atoms with Crippen LogP contribution in [-0.2, 0) is 4.74 Å². The SMILES string of the molecule is COC(=O)c1ccc(O[C@H](C)c2nc3ccccc3c(=O)[nH]2)c([N+](=O)[O-])c1. The van der Waals surface area contributed by atoms with Gasteiger partial charge in [-0.25, -0.2) is 9.78 Å². The Morgan fingerprint density at radius 3 is 2.70 bits per heavy atom. The van der Waals surface area contributed by atoms with Gasteiger partial charge in [-0.15, -0.1) is 0 Å². The molecule has 9 heteroatoms. The van der Waals surface area contributed by atoms with Crippen LogP contribution < -0.4 is 10.3 Å². The highest BCUT2D eigenvalue weighted by Crippen LogP contribution is 2.31. The van der Waals surface area contributed by atoms with Gasteiger partial charge in [-0.1, -0.05) is 12.1 Å². The summed E-state index contributed by atoms with van der Waals surface area (Å²) in [5.74, 6) is -0.528. The van der Waals surface area contributed by atoms with Crippen molar-refractivity contribution >= 4 is 22.6 Å². The Morgan fingerprint density at radius 2 is 2.00 bits per heavy atom. The summed E-state index contributed by atoms with van der Waals surface area (Å²) in [6, 6.07) is 10.6. The molecule has 0 amide bonds. The number of H-pyrrole nitrogens is 1. The van der Waals surface area contributed by atoms with Crippen LogP contribution in [-0.4, -0.2) is 28.0 Å². The smallest absolute Gasteiger partial charge is 0.338 e. The Labute approximate surface area is 152 Å². The van der Waals surface area contributed by atoms with E-state index in [2.05, 4.69) is 14.7 Å². The monoisotopic (exact) mass is 369 g/mol. The lowest BCUT2D eigenvalue weighted by molar-refractivity contribution is -0.386. The number of methoxy groups -OCH3 is 1. The van der Waals surface area contributed by atoms with E-state index in [1.54, 1.807) is 31.2 Å². The lowest BCUT2D eigenvalue weighted by Gasteiger charge is -2.14. The topological polar surface area (TPSA) is 124 Å². The number of carbonyl (C=O) groups is 1. The number of esters is 1. The molecule has 27 heavy (non-hydrogen) atoms. The van der Waals surface area contributed by atoms with Gasteiger partial charge in [0.15, 0.2) is 17.7 Å². The van der Waals surface area contributed by atoms with Gasteiger partial charge in [0, 0.05) is 6.07 Å². The second-order valence-corrected chi connectivity index (χ2v) is 5.66. The third kappa shape index (κ3) is 3.61. The van der Waals surface area contributed by atoms with E-state index in [9.17, 15) is 19.7 Å². The molecule has 1 aromatic heterocycles. The molecule has 138 valence electrons. The molecule has 0 aliphatic heterocycles. The van der Waals surface area contributed by atoms with Gasteiger partial charge in [-0.2, -0.15) is 0 Å². The fourth-order valence-corrected chi connectivity index (χ4v) is 2.55. The Morgan fingerprint density at radius 1 is 1.26 bits per heavy atom. The van der Waals surface area contributed by atoms with Crippen molar-refractivity contribution in [2.75, 3.05) is 7.11 Å². The number of hydrogen-bond donors (Lipinski definition) is 1. The number of nitro groups is 1. The van der Waals surface area contributed by atoms with Crippen molar-refractivity contribution in [1.29, 1.82) is 0 Å². The normalized spacial score (nSPS) is 11.8. The summed E-state index contributed by atoms with van der Waals surface area (Å²) in [6.45, 7) is 1.60. The average Bonchev–Trinajstić information content (AvgIpc) is 2.67. The number of nitro benzene ring substituents is 1. The number of nitrogens with zero attached hydrogens (tertiary/aromatic N) is 2. The minimum Gasteiger partial charge on any atom is -0.476 e. The van der Waals surface area contributed by atoms with Gasteiger partial charge in [-0.3, -0.25) is 14.9 Å². The van der Waals surface area contributed by atoms with Crippen LogP contribution in [0.3, 0.4) is 0 Å². The summed E-state index contributed by atoms with van der Waals surface area (Å²) < 4.78 is 10.2. The van der Waals surface area contributed by atoms with E-state index in [4.69, 9.17) is 4.74 Å². The van der Waals surface area contributed by atoms with Gasteiger partial charge in [0.05, 0.1) is 28.5 Å². The van der Waals surface area contributed by atoms with Crippen LogP contribution in [0, 0.1) is 10.1 Å². The molecule has 0 bridgehead atoms. The van der Waals surface area contributed by atoms with Gasteiger partial charge >= 0.3 is 11.7 Å². The van der Waals surface area contributed by atoms with Gasteiger partial charge in [0.25, 0.3) is 5.56 Å². The first kappa shape index (κ1) is 18.1. The minimum absolute atomic E-state index is 0.0291. The quantitative estimate of drug-likeness (QED) is 0.416. The molecule has 1 atom stereocenters. The lowest BCUT2D eigenvalue weighted by Crippen LogP contribution is -2.17. The molecule has 0 fully saturated rings. The van der Waals surface area contributed by atoms with Crippen LogP contribution in [0.1, 0.15) is 29.2 Å². The van der Waals surface area contributed by atoms with Crippen molar-refractivity contribution in [2.24, 2.45) is 0 Å². The fraction of sp³-hybridized carbons (Fsp3) is 0.167. The first-order chi connectivity index (χ1) is 12.9. The Bertz CT molecular complexity index is 1090. The van der Waals surface area contributed by atoms with Crippen LogP contribution in [0.5, 0.6) is 5.75 Å². The van der Waals surface area contributed by atoms with Crippen molar-refractivity contribution in [2.45, 2.75) is 13.0 Å². The van der Waals surface area contributed by atoms with E-state index in [-0.39, 0.29) is 22.7 Å². The molecule has 0 radical (unpaired) electrons. The van der Waals surface area contributed by atoms with Crippen LogP contribution >= 0.6 is 0 Å². The molecule has 1 N–H and O–H groups in total. The van der Waals surface area contributed by atoms with Crippen LogP contribution in [0.4, 0.5) is 5.69 Å². The predicted molar refractivity (Wildman–Crippen MR) is 95.8 cm³/mol. The molecule has 0 saturated carbocycles. The number of carbonyl (C=O) groups excluding carboxylic acids is 1. The summed E-state index contributed by atoms with van der Waals surface area (Å²) in [6.07, 6.45) is -0.773. The number of hydrogen-bond acceptors (Lipinski definition) is 7. The van der Waals surface area contributed by atoms with Crippen LogP contribution in [0.15, 0.2) is 47.3 Å². The highest BCUT2D eigenvalue weighted by Gasteiger charge is 2.22. The standard InChI is InChI=1S/C18H15N3O6/c1-10(16-19-13-6-4-3-5-12(13)17(22)20-16)27-15-8-7-11(18(23)26-2)9-14(15)21(24)25/h3-10H,1-2H3,(H,19,20,22)/t10-/m1/s1. The Hall–Kier alpha value is -3.75. The van der Waals surface area contributed by atoms with Crippen molar-refractivity contribution in [1.82, 2.24) is 9.97 Å². The van der Waals surface area contributed by atoms with E-state index < -0.39 is 22.7 Å². The number of benzene rings is 2. The molecule has 0 unspecified atom stereocenters. The van der Waals surface area contributed by atoms with E-state index in [1.807, 2.05) is 0 Å². The molecule has 0 aliphatic rings. The second kappa shape index (κ2) is 7.24. The zero-order valence-corrected chi connectivity index (χ0v) is 14.5. The van der Waals surface area contributed by atoms with E-state index in [1.165, 1.54) is 19.2 Å². The minimum atomic E-state index is -0.773. The number of rotatable bonds is 5. The van der Waals surface area contributed by atoms with Gasteiger partial charge in [0.2, 0.25) is 0 Å². The summed E-state index contributed by atoms with van der Waals surface area (Å²) in [5, 5.41) is 11.8. The van der Waals surface area contributed by atoms with Gasteiger partial charge in [-0.05, 0) is 31.2 Å². The van der Waals surface area contributed by atoms with Crippen LogP contribution in [0.2, 0.25) is 0 Å². The number of para-hydroxylation sites is 1.